The lowest BCUT2D eigenvalue weighted by Crippen LogP contribution is -2.25. The maximum atomic E-state index is 12.8. The lowest BCUT2D eigenvalue weighted by molar-refractivity contribution is -0.117. The van der Waals surface area contributed by atoms with Gasteiger partial charge in [-0.3, -0.25) is 9.59 Å². The van der Waals surface area contributed by atoms with Crippen molar-refractivity contribution in [2.24, 2.45) is 0 Å². The molecule has 1 N–H and O–H groups in total. The number of fused-ring (bicyclic) bond motifs is 1. The highest BCUT2D eigenvalue weighted by Gasteiger charge is 2.25. The van der Waals surface area contributed by atoms with Gasteiger partial charge in [0.1, 0.15) is 0 Å². The van der Waals surface area contributed by atoms with Crippen LogP contribution in [0, 0.1) is 0 Å². The minimum Gasteiger partial charge on any atom is -0.465 e. The SMILES string of the molecule is COC(=O)c1cc(NC(=O)CCS(=O)(=O)c2ccc3c(c2)CCN3C(C)=O)cc(C(=O)OC)c1. The molecule has 0 atom stereocenters. The van der Waals surface area contributed by atoms with Gasteiger partial charge in [0.05, 0.1) is 36.0 Å². The molecule has 0 unspecified atom stereocenters. The van der Waals surface area contributed by atoms with Crippen molar-refractivity contribution in [3.63, 3.8) is 0 Å². The van der Waals surface area contributed by atoms with Gasteiger partial charge in [0.15, 0.2) is 9.84 Å². The van der Waals surface area contributed by atoms with Crippen molar-refractivity contribution < 1.29 is 37.1 Å². The number of nitrogens with one attached hydrogen (secondary N) is 1. The smallest absolute Gasteiger partial charge is 0.337 e. The summed E-state index contributed by atoms with van der Waals surface area (Å²) in [5.74, 6) is -2.62. The first-order chi connectivity index (χ1) is 16.1. The van der Waals surface area contributed by atoms with Gasteiger partial charge in [-0.1, -0.05) is 0 Å². The van der Waals surface area contributed by atoms with Crippen LogP contribution in [0.2, 0.25) is 0 Å². The Kier molecular flexibility index (Phi) is 7.35. The van der Waals surface area contributed by atoms with Crippen LogP contribution in [0.3, 0.4) is 0 Å². The summed E-state index contributed by atoms with van der Waals surface area (Å²) >= 11 is 0. The minimum absolute atomic E-state index is 0.0195. The minimum atomic E-state index is -3.77. The van der Waals surface area contributed by atoms with Crippen LogP contribution in [-0.2, 0) is 35.3 Å². The Morgan fingerprint density at radius 3 is 2.15 bits per heavy atom. The zero-order valence-electron chi connectivity index (χ0n) is 18.9. The zero-order valence-corrected chi connectivity index (χ0v) is 19.7. The predicted octanol–water partition coefficient (Wildman–Crippen LogP) is 1.97. The van der Waals surface area contributed by atoms with Crippen molar-refractivity contribution in [2.45, 2.75) is 24.7 Å². The Labute approximate surface area is 196 Å². The van der Waals surface area contributed by atoms with E-state index in [-0.39, 0.29) is 34.0 Å². The number of rotatable bonds is 7. The van der Waals surface area contributed by atoms with E-state index in [1.807, 2.05) is 0 Å². The van der Waals surface area contributed by atoms with E-state index in [4.69, 9.17) is 0 Å². The number of carbonyl (C=O) groups excluding carboxylic acids is 4. The van der Waals surface area contributed by atoms with Crippen molar-refractivity contribution in [3.8, 4) is 0 Å². The number of nitrogens with zero attached hydrogens (tertiary/aromatic N) is 1. The number of esters is 2. The van der Waals surface area contributed by atoms with Crippen LogP contribution in [-0.4, -0.2) is 58.7 Å². The summed E-state index contributed by atoms with van der Waals surface area (Å²) in [6, 6.07) is 8.45. The fraction of sp³-hybridized carbons (Fsp3) is 0.304. The summed E-state index contributed by atoms with van der Waals surface area (Å²) < 4.78 is 34.9. The first kappa shape index (κ1) is 24.9. The molecule has 0 fully saturated rings. The standard InChI is InChI=1S/C23H24N2O8S/c1-14(26)25-8-6-15-13-19(4-5-20(15)25)34(30,31)9-7-21(27)24-18-11-16(22(28)32-2)10-17(12-18)23(29)33-3/h4-5,10-13H,6-9H2,1-3H3,(H,24,27). The molecule has 0 bridgehead atoms. The van der Waals surface area contributed by atoms with Crippen LogP contribution in [0.1, 0.15) is 39.6 Å². The molecule has 0 spiro atoms. The second kappa shape index (κ2) is 10.0. The van der Waals surface area contributed by atoms with Crippen molar-refractivity contribution in [2.75, 3.05) is 36.7 Å². The van der Waals surface area contributed by atoms with Gasteiger partial charge in [-0.05, 0) is 48.4 Å². The second-order valence-corrected chi connectivity index (χ2v) is 9.72. The van der Waals surface area contributed by atoms with Gasteiger partial charge in [-0.2, -0.15) is 0 Å². The topological polar surface area (TPSA) is 136 Å². The molecule has 0 saturated heterocycles. The van der Waals surface area contributed by atoms with E-state index in [0.29, 0.717) is 18.7 Å². The number of hydrogen-bond donors (Lipinski definition) is 1. The predicted molar refractivity (Wildman–Crippen MR) is 123 cm³/mol. The molecule has 11 heteroatoms. The van der Waals surface area contributed by atoms with Gasteiger partial charge in [-0.25, -0.2) is 18.0 Å². The van der Waals surface area contributed by atoms with Gasteiger partial charge in [0, 0.05) is 31.3 Å². The van der Waals surface area contributed by atoms with Crippen molar-refractivity contribution >= 4 is 45.0 Å². The van der Waals surface area contributed by atoms with Gasteiger partial charge >= 0.3 is 11.9 Å². The molecule has 2 amide bonds. The lowest BCUT2D eigenvalue weighted by Gasteiger charge is -2.15. The normalized spacial score (nSPS) is 12.6. The fourth-order valence-corrected chi connectivity index (χ4v) is 4.93. The lowest BCUT2D eigenvalue weighted by atomic mass is 10.1. The molecule has 1 aliphatic rings. The van der Waals surface area contributed by atoms with Crippen LogP contribution in [0.4, 0.5) is 11.4 Å². The quantitative estimate of drug-likeness (QED) is 0.584. The summed E-state index contributed by atoms with van der Waals surface area (Å²) in [6.07, 6.45) is 0.201. The van der Waals surface area contributed by atoms with Gasteiger partial charge in [0.25, 0.3) is 0 Å². The third-order valence-corrected chi connectivity index (χ3v) is 7.06. The Bertz CT molecular complexity index is 1240. The van der Waals surface area contributed by atoms with Crippen molar-refractivity contribution in [1.82, 2.24) is 0 Å². The molecule has 0 aromatic heterocycles. The van der Waals surface area contributed by atoms with Crippen LogP contribution in [0.15, 0.2) is 41.3 Å². The van der Waals surface area contributed by atoms with Crippen LogP contribution < -0.4 is 10.2 Å². The maximum absolute atomic E-state index is 12.8. The molecular weight excluding hydrogens is 464 g/mol. The molecule has 0 saturated carbocycles. The number of methoxy groups -OCH3 is 2. The molecule has 0 aliphatic carbocycles. The molecule has 3 rings (SSSR count). The maximum Gasteiger partial charge on any atom is 0.337 e. The van der Waals surface area contributed by atoms with Gasteiger partial charge in [-0.15, -0.1) is 0 Å². The van der Waals surface area contributed by atoms with Gasteiger partial charge < -0.3 is 19.7 Å². The van der Waals surface area contributed by atoms with E-state index in [9.17, 15) is 27.6 Å². The van der Waals surface area contributed by atoms with Crippen LogP contribution in [0.25, 0.3) is 0 Å². The number of sulfone groups is 1. The monoisotopic (exact) mass is 488 g/mol. The molecule has 1 heterocycles. The average molecular weight is 489 g/mol. The number of ether oxygens (including phenoxy) is 2. The van der Waals surface area contributed by atoms with Crippen LogP contribution >= 0.6 is 0 Å². The Balaban J connectivity index is 1.72. The van der Waals surface area contributed by atoms with Crippen molar-refractivity contribution in [1.29, 1.82) is 0 Å². The third-order valence-electron chi connectivity index (χ3n) is 5.34. The Morgan fingerprint density at radius 1 is 0.971 bits per heavy atom. The third kappa shape index (κ3) is 5.42. The zero-order chi connectivity index (χ0) is 25.0. The van der Waals surface area contributed by atoms with E-state index in [1.54, 1.807) is 11.0 Å². The summed E-state index contributed by atoms with van der Waals surface area (Å²) in [5, 5.41) is 2.50. The highest BCUT2D eigenvalue weighted by molar-refractivity contribution is 7.91. The molecule has 1 aliphatic heterocycles. The number of anilines is 2. The Morgan fingerprint density at radius 2 is 1.59 bits per heavy atom. The average Bonchev–Trinajstić information content (AvgIpc) is 3.25. The number of carbonyl (C=O) groups is 4. The summed E-state index contributed by atoms with van der Waals surface area (Å²) in [5.41, 5.74) is 1.61. The van der Waals surface area contributed by atoms with E-state index < -0.39 is 33.4 Å². The van der Waals surface area contributed by atoms with E-state index in [0.717, 1.165) is 5.56 Å². The summed E-state index contributed by atoms with van der Waals surface area (Å²) in [4.78, 5) is 49.5. The van der Waals surface area contributed by atoms with E-state index in [2.05, 4.69) is 14.8 Å². The van der Waals surface area contributed by atoms with Gasteiger partial charge in [0.2, 0.25) is 11.8 Å². The molecule has 2 aromatic carbocycles. The molecule has 10 nitrogen and oxygen atoms in total. The number of hydrogen-bond acceptors (Lipinski definition) is 8. The van der Waals surface area contributed by atoms with Crippen molar-refractivity contribution in [3.05, 3.63) is 53.1 Å². The second-order valence-electron chi connectivity index (χ2n) is 7.61. The highest BCUT2D eigenvalue weighted by atomic mass is 32.2. The Hall–Kier alpha value is -3.73. The largest absolute Gasteiger partial charge is 0.465 e. The first-order valence-electron chi connectivity index (χ1n) is 10.3. The van der Waals surface area contributed by atoms with E-state index >= 15 is 0 Å². The summed E-state index contributed by atoms with van der Waals surface area (Å²) in [7, 11) is -1.42. The van der Waals surface area contributed by atoms with E-state index in [1.165, 1.54) is 51.5 Å². The molecule has 34 heavy (non-hydrogen) atoms. The molecule has 0 radical (unpaired) electrons. The molecular formula is C23H24N2O8S. The number of amides is 2. The first-order valence-corrected chi connectivity index (χ1v) is 12.0. The number of benzene rings is 2. The van der Waals surface area contributed by atoms with Crippen LogP contribution in [0.5, 0.6) is 0 Å². The highest BCUT2D eigenvalue weighted by Crippen LogP contribution is 2.30. The molecule has 180 valence electrons. The molecule has 2 aromatic rings. The summed E-state index contributed by atoms with van der Waals surface area (Å²) in [6.45, 7) is 1.95. The fourth-order valence-electron chi connectivity index (χ4n) is 3.64.